The first-order valence-corrected chi connectivity index (χ1v) is 7.08. The third kappa shape index (κ3) is 4.37. The average Bonchev–Trinajstić information content (AvgIpc) is 3.23. The first kappa shape index (κ1) is 16.6. The second kappa shape index (κ2) is 6.68. The Balaban J connectivity index is 1.71. The molecule has 0 spiro atoms. The molecule has 1 aromatic carbocycles. The lowest BCUT2D eigenvalue weighted by Crippen LogP contribution is -2.17. The third-order valence-electron chi connectivity index (χ3n) is 3.11. The smallest absolute Gasteiger partial charge is 0.465 e. The van der Waals surface area contributed by atoms with Gasteiger partial charge in [-0.15, -0.1) is 13.2 Å². The Bertz CT molecular complexity index is 879. The van der Waals surface area contributed by atoms with Crippen LogP contribution in [0.1, 0.15) is 21.8 Å². The van der Waals surface area contributed by atoms with Crippen molar-refractivity contribution in [2.45, 2.75) is 6.36 Å². The second-order valence-electron chi connectivity index (χ2n) is 4.91. The van der Waals surface area contributed by atoms with Gasteiger partial charge in [0.2, 0.25) is 0 Å². The lowest BCUT2D eigenvalue weighted by Gasteiger charge is -2.08. The van der Waals surface area contributed by atoms with E-state index in [2.05, 4.69) is 9.84 Å². The van der Waals surface area contributed by atoms with Crippen LogP contribution >= 0.6 is 0 Å². The molecule has 3 rings (SSSR count). The first-order chi connectivity index (χ1) is 11.9. The Morgan fingerprint density at radius 1 is 1.12 bits per heavy atom. The van der Waals surface area contributed by atoms with Crippen LogP contribution in [0, 0.1) is 0 Å². The van der Waals surface area contributed by atoms with Crippen LogP contribution in [0.5, 0.6) is 5.75 Å². The van der Waals surface area contributed by atoms with Crippen molar-refractivity contribution in [1.29, 1.82) is 0 Å². The average molecular weight is 348 g/mol. The molecule has 0 bridgehead atoms. The molecule has 5 nitrogen and oxygen atoms in total. The molecule has 3 aromatic rings. The second-order valence-corrected chi connectivity index (χ2v) is 4.91. The van der Waals surface area contributed by atoms with Gasteiger partial charge in [0.15, 0.2) is 0 Å². The van der Waals surface area contributed by atoms with E-state index in [1.807, 2.05) is 0 Å². The maximum atomic E-state index is 12.3. The van der Waals surface area contributed by atoms with Gasteiger partial charge < -0.3 is 9.15 Å². The maximum absolute atomic E-state index is 12.3. The molecule has 0 saturated carbocycles. The van der Waals surface area contributed by atoms with Crippen LogP contribution in [0.2, 0.25) is 0 Å². The van der Waals surface area contributed by atoms with E-state index in [0.717, 1.165) is 16.8 Å². The van der Waals surface area contributed by atoms with E-state index in [-0.39, 0.29) is 5.56 Å². The lowest BCUT2D eigenvalue weighted by molar-refractivity contribution is -0.274. The van der Waals surface area contributed by atoms with Gasteiger partial charge in [0.05, 0.1) is 12.0 Å². The molecule has 128 valence electrons. The molecule has 25 heavy (non-hydrogen) atoms. The largest absolute Gasteiger partial charge is 0.573 e. The van der Waals surface area contributed by atoms with E-state index >= 15 is 0 Å². The van der Waals surface area contributed by atoms with Crippen molar-refractivity contribution in [3.05, 3.63) is 71.9 Å². The summed E-state index contributed by atoms with van der Waals surface area (Å²) in [6, 6.07) is 9.76. The third-order valence-corrected chi connectivity index (χ3v) is 3.11. The Kier molecular flexibility index (Phi) is 4.42. The molecular weight excluding hydrogens is 337 g/mol. The number of hydrogen-bond donors (Lipinski definition) is 0. The molecule has 0 saturated heterocycles. The predicted molar refractivity (Wildman–Crippen MR) is 82.7 cm³/mol. The first-order valence-electron chi connectivity index (χ1n) is 7.08. The van der Waals surface area contributed by atoms with Crippen molar-refractivity contribution in [1.82, 2.24) is 9.78 Å². The zero-order valence-corrected chi connectivity index (χ0v) is 12.6. The summed E-state index contributed by atoms with van der Waals surface area (Å²) in [6.45, 7) is 0. The molecule has 0 atom stereocenters. The van der Waals surface area contributed by atoms with E-state index in [9.17, 15) is 18.0 Å². The predicted octanol–water partition coefficient (Wildman–Crippen LogP) is 4.23. The van der Waals surface area contributed by atoms with E-state index in [1.54, 1.807) is 30.4 Å². The Morgan fingerprint density at radius 2 is 1.88 bits per heavy atom. The summed E-state index contributed by atoms with van der Waals surface area (Å²) >= 11 is 0. The summed E-state index contributed by atoms with van der Waals surface area (Å²) < 4.78 is 46.4. The zero-order valence-electron chi connectivity index (χ0n) is 12.6. The SMILES string of the molecule is O=C(c1ccc(OC(F)(F)F)cc1)n1ccc(/C=C/c2ccco2)n1. The van der Waals surface area contributed by atoms with Crippen LogP contribution in [-0.2, 0) is 0 Å². The highest BCUT2D eigenvalue weighted by molar-refractivity contribution is 5.95. The van der Waals surface area contributed by atoms with Crippen molar-refractivity contribution in [3.8, 4) is 5.75 Å². The molecule has 0 radical (unpaired) electrons. The normalized spacial score (nSPS) is 11.8. The standard InChI is InChI=1S/C17H11F3N2O3/c18-17(19,20)25-15-6-3-12(4-7-15)16(23)22-10-9-13(21-22)5-8-14-2-1-11-24-14/h1-11H/b8-5+. The van der Waals surface area contributed by atoms with Crippen molar-refractivity contribution < 1.29 is 27.1 Å². The summed E-state index contributed by atoms with van der Waals surface area (Å²) in [5.74, 6) is -0.232. The van der Waals surface area contributed by atoms with Gasteiger partial charge in [-0.2, -0.15) is 5.10 Å². The number of aromatic nitrogens is 2. The number of hydrogen-bond acceptors (Lipinski definition) is 4. The molecule has 0 amide bonds. The lowest BCUT2D eigenvalue weighted by atomic mass is 10.2. The molecule has 0 aliphatic rings. The summed E-state index contributed by atoms with van der Waals surface area (Å²) in [6.07, 6.45) is 1.59. The number of rotatable bonds is 4. The fourth-order valence-electron chi connectivity index (χ4n) is 2.03. The Labute approximate surface area is 139 Å². The van der Waals surface area contributed by atoms with Gasteiger partial charge in [0, 0.05) is 11.8 Å². The minimum absolute atomic E-state index is 0.180. The van der Waals surface area contributed by atoms with E-state index in [0.29, 0.717) is 11.5 Å². The molecule has 2 aromatic heterocycles. The van der Waals surface area contributed by atoms with Gasteiger partial charge in [0.25, 0.3) is 5.91 Å². The Hall–Kier alpha value is -3.29. The minimum Gasteiger partial charge on any atom is -0.465 e. The number of furan rings is 1. The van der Waals surface area contributed by atoms with Crippen molar-refractivity contribution in [2.24, 2.45) is 0 Å². The highest BCUT2D eigenvalue weighted by Crippen LogP contribution is 2.23. The molecule has 0 aliphatic carbocycles. The number of carbonyl (C=O) groups is 1. The summed E-state index contributed by atoms with van der Waals surface area (Å²) in [7, 11) is 0. The molecule has 0 fully saturated rings. The van der Waals surface area contributed by atoms with Gasteiger partial charge in [0.1, 0.15) is 11.5 Å². The van der Waals surface area contributed by atoms with Crippen LogP contribution in [-0.4, -0.2) is 22.1 Å². The van der Waals surface area contributed by atoms with Crippen molar-refractivity contribution >= 4 is 18.1 Å². The van der Waals surface area contributed by atoms with Crippen LogP contribution in [0.25, 0.3) is 12.2 Å². The van der Waals surface area contributed by atoms with Crippen LogP contribution in [0.15, 0.2) is 59.3 Å². The minimum atomic E-state index is -4.78. The number of carbonyl (C=O) groups excluding carboxylic acids is 1. The van der Waals surface area contributed by atoms with Crippen LogP contribution in [0.4, 0.5) is 13.2 Å². The summed E-state index contributed by atoms with van der Waals surface area (Å²) in [5.41, 5.74) is 0.709. The molecule has 0 aliphatic heterocycles. The molecular formula is C17H11F3N2O3. The number of alkyl halides is 3. The molecule has 0 N–H and O–H groups in total. The maximum Gasteiger partial charge on any atom is 0.573 e. The molecule has 0 unspecified atom stereocenters. The van der Waals surface area contributed by atoms with Gasteiger partial charge in [-0.25, -0.2) is 4.68 Å². The van der Waals surface area contributed by atoms with Gasteiger partial charge in [-0.05, 0) is 54.6 Å². The van der Waals surface area contributed by atoms with Crippen molar-refractivity contribution in [2.75, 3.05) is 0 Å². The molecule has 2 heterocycles. The highest BCUT2D eigenvalue weighted by Gasteiger charge is 2.31. The number of benzene rings is 1. The summed E-state index contributed by atoms with van der Waals surface area (Å²) in [4.78, 5) is 12.3. The number of halogens is 3. The van der Waals surface area contributed by atoms with Crippen molar-refractivity contribution in [3.63, 3.8) is 0 Å². The van der Waals surface area contributed by atoms with Gasteiger partial charge in [-0.1, -0.05) is 0 Å². The van der Waals surface area contributed by atoms with Crippen LogP contribution in [0.3, 0.4) is 0 Å². The van der Waals surface area contributed by atoms with Gasteiger partial charge in [-0.3, -0.25) is 4.79 Å². The van der Waals surface area contributed by atoms with E-state index in [1.165, 1.54) is 24.6 Å². The number of nitrogens with zero attached hydrogens (tertiary/aromatic N) is 2. The zero-order chi connectivity index (χ0) is 17.9. The number of ether oxygens (including phenoxy) is 1. The fraction of sp³-hybridized carbons (Fsp3) is 0.0588. The van der Waals surface area contributed by atoms with E-state index < -0.39 is 18.0 Å². The fourth-order valence-corrected chi connectivity index (χ4v) is 2.03. The monoisotopic (exact) mass is 348 g/mol. The van der Waals surface area contributed by atoms with Crippen LogP contribution < -0.4 is 4.74 Å². The highest BCUT2D eigenvalue weighted by atomic mass is 19.4. The topological polar surface area (TPSA) is 57.3 Å². The Morgan fingerprint density at radius 3 is 2.52 bits per heavy atom. The quantitative estimate of drug-likeness (QED) is 0.708. The van der Waals surface area contributed by atoms with E-state index in [4.69, 9.17) is 4.42 Å². The van der Waals surface area contributed by atoms with Gasteiger partial charge >= 0.3 is 6.36 Å². The summed E-state index contributed by atoms with van der Waals surface area (Å²) in [5, 5.41) is 4.10. The molecule has 8 heteroatoms.